The Bertz CT molecular complexity index is 706. The Labute approximate surface area is 119 Å². The van der Waals surface area contributed by atoms with Crippen molar-refractivity contribution < 1.29 is 0 Å². The van der Waals surface area contributed by atoms with Crippen molar-refractivity contribution in [3.63, 3.8) is 0 Å². The first kappa shape index (κ1) is 13.7. The number of nitrogens with zero attached hydrogens (tertiary/aromatic N) is 2. The standard InChI is InChI=1S/C13H10ClN3OS/c1-8-5-12(18)17-13(16-8)19-7-9-3-4-10(15-2)6-11(9)14/h3-6H,7H2,1H3,(H,16,17,18). The van der Waals surface area contributed by atoms with Crippen LogP contribution in [0.25, 0.3) is 4.85 Å². The number of benzene rings is 1. The van der Waals surface area contributed by atoms with Gasteiger partial charge in [0.05, 0.1) is 6.57 Å². The number of rotatable bonds is 3. The van der Waals surface area contributed by atoms with Gasteiger partial charge >= 0.3 is 0 Å². The molecule has 0 aliphatic rings. The molecule has 0 radical (unpaired) electrons. The van der Waals surface area contributed by atoms with Crippen molar-refractivity contribution in [2.45, 2.75) is 17.8 Å². The molecule has 0 bridgehead atoms. The van der Waals surface area contributed by atoms with Gasteiger partial charge in [0.2, 0.25) is 0 Å². The van der Waals surface area contributed by atoms with Gasteiger partial charge in [0.15, 0.2) is 10.8 Å². The van der Waals surface area contributed by atoms with Crippen molar-refractivity contribution in [3.8, 4) is 0 Å². The van der Waals surface area contributed by atoms with Gasteiger partial charge < -0.3 is 4.98 Å². The number of thioether (sulfide) groups is 1. The molecule has 0 saturated heterocycles. The Balaban J connectivity index is 2.15. The average Bonchev–Trinajstić information content (AvgIpc) is 2.36. The van der Waals surface area contributed by atoms with E-state index in [0.29, 0.717) is 27.3 Å². The van der Waals surface area contributed by atoms with E-state index in [4.69, 9.17) is 18.2 Å². The minimum absolute atomic E-state index is 0.163. The monoisotopic (exact) mass is 291 g/mol. The fraction of sp³-hybridized carbons (Fsp3) is 0.154. The molecule has 0 fully saturated rings. The van der Waals surface area contributed by atoms with Gasteiger partial charge in [-0.1, -0.05) is 35.5 Å². The summed E-state index contributed by atoms with van der Waals surface area (Å²) in [7, 11) is 0. The van der Waals surface area contributed by atoms with Crippen LogP contribution >= 0.6 is 23.4 Å². The summed E-state index contributed by atoms with van der Waals surface area (Å²) in [5, 5.41) is 1.12. The summed E-state index contributed by atoms with van der Waals surface area (Å²) >= 11 is 7.49. The zero-order valence-corrected chi connectivity index (χ0v) is 11.7. The van der Waals surface area contributed by atoms with E-state index in [-0.39, 0.29) is 5.56 Å². The van der Waals surface area contributed by atoms with Crippen LogP contribution in [-0.4, -0.2) is 9.97 Å². The number of nitrogens with one attached hydrogen (secondary N) is 1. The van der Waals surface area contributed by atoms with Crippen molar-refractivity contribution in [2.24, 2.45) is 0 Å². The van der Waals surface area contributed by atoms with Crippen LogP contribution in [0, 0.1) is 13.5 Å². The second kappa shape index (κ2) is 5.91. The number of aryl methyl sites for hydroxylation is 1. The summed E-state index contributed by atoms with van der Waals surface area (Å²) < 4.78 is 0. The highest BCUT2D eigenvalue weighted by Gasteiger charge is 2.05. The maximum absolute atomic E-state index is 11.3. The minimum atomic E-state index is -0.163. The first-order chi connectivity index (χ1) is 9.08. The highest BCUT2D eigenvalue weighted by molar-refractivity contribution is 7.98. The Morgan fingerprint density at radius 3 is 2.89 bits per heavy atom. The Morgan fingerprint density at radius 2 is 2.26 bits per heavy atom. The lowest BCUT2D eigenvalue weighted by atomic mass is 10.2. The zero-order chi connectivity index (χ0) is 13.8. The van der Waals surface area contributed by atoms with E-state index < -0.39 is 0 Å². The molecule has 1 N–H and O–H groups in total. The van der Waals surface area contributed by atoms with E-state index in [1.165, 1.54) is 17.8 Å². The molecule has 0 unspecified atom stereocenters. The Kier molecular flexibility index (Phi) is 4.25. The van der Waals surface area contributed by atoms with Gasteiger partial charge in [0.1, 0.15) is 0 Å². The molecule has 1 heterocycles. The van der Waals surface area contributed by atoms with Crippen LogP contribution in [0.5, 0.6) is 0 Å². The van der Waals surface area contributed by atoms with E-state index in [9.17, 15) is 4.79 Å². The minimum Gasteiger partial charge on any atom is -0.301 e. The fourth-order valence-electron chi connectivity index (χ4n) is 1.49. The lowest BCUT2D eigenvalue weighted by molar-refractivity contribution is 0.905. The summed E-state index contributed by atoms with van der Waals surface area (Å²) in [6.07, 6.45) is 0. The highest BCUT2D eigenvalue weighted by Crippen LogP contribution is 2.27. The van der Waals surface area contributed by atoms with E-state index in [2.05, 4.69) is 14.8 Å². The smallest absolute Gasteiger partial charge is 0.251 e. The first-order valence-electron chi connectivity index (χ1n) is 5.45. The van der Waals surface area contributed by atoms with Crippen LogP contribution in [0.3, 0.4) is 0 Å². The number of hydrogen-bond donors (Lipinski definition) is 1. The molecule has 6 heteroatoms. The number of aromatic amines is 1. The lowest BCUT2D eigenvalue weighted by Gasteiger charge is -2.04. The summed E-state index contributed by atoms with van der Waals surface area (Å²) in [4.78, 5) is 21.5. The molecule has 1 aromatic carbocycles. The fourth-order valence-corrected chi connectivity index (χ4v) is 2.73. The van der Waals surface area contributed by atoms with Gasteiger partial charge in [-0.25, -0.2) is 9.83 Å². The third-order valence-corrected chi connectivity index (χ3v) is 3.65. The van der Waals surface area contributed by atoms with E-state index in [1.54, 1.807) is 19.1 Å². The van der Waals surface area contributed by atoms with Crippen LogP contribution in [0.15, 0.2) is 34.2 Å². The second-order valence-electron chi connectivity index (χ2n) is 3.87. The first-order valence-corrected chi connectivity index (χ1v) is 6.81. The molecule has 2 rings (SSSR count). The van der Waals surface area contributed by atoms with Gasteiger partial charge in [-0.15, -0.1) is 0 Å². The third-order valence-electron chi connectivity index (χ3n) is 2.38. The number of halogens is 1. The van der Waals surface area contributed by atoms with Gasteiger partial charge in [-0.05, 0) is 18.6 Å². The summed E-state index contributed by atoms with van der Waals surface area (Å²) in [5.41, 5.74) is 1.94. The van der Waals surface area contributed by atoms with Crippen LogP contribution in [0.2, 0.25) is 5.02 Å². The number of H-pyrrole nitrogens is 1. The molecule has 0 amide bonds. The van der Waals surface area contributed by atoms with Crippen molar-refractivity contribution in [1.29, 1.82) is 0 Å². The molecule has 19 heavy (non-hydrogen) atoms. The molecule has 4 nitrogen and oxygen atoms in total. The van der Waals surface area contributed by atoms with E-state index in [0.717, 1.165) is 5.56 Å². The zero-order valence-electron chi connectivity index (χ0n) is 10.1. The maximum Gasteiger partial charge on any atom is 0.251 e. The van der Waals surface area contributed by atoms with Gasteiger partial charge in [0.25, 0.3) is 5.56 Å². The maximum atomic E-state index is 11.3. The van der Waals surface area contributed by atoms with E-state index >= 15 is 0 Å². The summed E-state index contributed by atoms with van der Waals surface area (Å²) in [6.45, 7) is 8.68. The topological polar surface area (TPSA) is 50.1 Å². The van der Waals surface area contributed by atoms with Crippen molar-refractivity contribution in [3.05, 3.63) is 62.3 Å². The summed E-state index contributed by atoms with van der Waals surface area (Å²) in [6, 6.07) is 6.62. The van der Waals surface area contributed by atoms with Crippen LogP contribution in [0.1, 0.15) is 11.3 Å². The molecule has 0 aliphatic heterocycles. The summed E-state index contributed by atoms with van der Waals surface area (Å²) in [5.74, 6) is 0.587. The van der Waals surface area contributed by atoms with Gasteiger partial charge in [-0.3, -0.25) is 4.79 Å². The van der Waals surface area contributed by atoms with Gasteiger partial charge in [0, 0.05) is 22.5 Å². The van der Waals surface area contributed by atoms with E-state index in [1.807, 2.05) is 6.07 Å². The predicted octanol–water partition coefficient (Wildman–Crippen LogP) is 3.57. The largest absolute Gasteiger partial charge is 0.301 e. The molecule has 0 atom stereocenters. The normalized spacial score (nSPS) is 10.2. The van der Waals surface area contributed by atoms with Crippen LogP contribution in [-0.2, 0) is 5.75 Å². The quantitative estimate of drug-likeness (QED) is 0.534. The molecular weight excluding hydrogens is 282 g/mol. The van der Waals surface area contributed by atoms with Crippen molar-refractivity contribution in [1.82, 2.24) is 9.97 Å². The Morgan fingerprint density at radius 1 is 1.47 bits per heavy atom. The third kappa shape index (κ3) is 3.60. The molecule has 0 saturated carbocycles. The molecule has 0 spiro atoms. The Hall–Kier alpha value is -1.77. The number of hydrogen-bond acceptors (Lipinski definition) is 3. The molecular formula is C13H10ClN3OS. The predicted molar refractivity (Wildman–Crippen MR) is 76.9 cm³/mol. The highest BCUT2D eigenvalue weighted by atomic mass is 35.5. The van der Waals surface area contributed by atoms with Gasteiger partial charge in [-0.2, -0.15) is 0 Å². The molecule has 0 aliphatic carbocycles. The van der Waals surface area contributed by atoms with Crippen LogP contribution < -0.4 is 5.56 Å². The van der Waals surface area contributed by atoms with Crippen molar-refractivity contribution >= 4 is 29.1 Å². The molecule has 1 aromatic heterocycles. The second-order valence-corrected chi connectivity index (χ2v) is 5.24. The molecule has 96 valence electrons. The molecule has 2 aromatic rings. The SMILES string of the molecule is [C-]#[N+]c1ccc(CSc2nc(C)cc(=O)[nH]2)c(Cl)c1. The number of aromatic nitrogens is 2. The van der Waals surface area contributed by atoms with Crippen LogP contribution in [0.4, 0.5) is 5.69 Å². The van der Waals surface area contributed by atoms with Crippen molar-refractivity contribution in [2.75, 3.05) is 0 Å². The lowest BCUT2D eigenvalue weighted by Crippen LogP contribution is -2.08. The average molecular weight is 292 g/mol.